The van der Waals surface area contributed by atoms with Crippen LogP contribution in [0.1, 0.15) is 54.8 Å². The molecule has 2 aromatic rings. The third-order valence-corrected chi connectivity index (χ3v) is 5.50. The van der Waals surface area contributed by atoms with E-state index in [0.717, 1.165) is 10.9 Å². The molecule has 2 N–H and O–H groups in total. The Morgan fingerprint density at radius 2 is 1.75 bits per heavy atom. The van der Waals surface area contributed by atoms with Gasteiger partial charge in [0.05, 0.1) is 12.2 Å². The Balaban J connectivity index is 2.02. The minimum absolute atomic E-state index is 0.0166. The molecule has 0 heterocycles. The molecule has 0 aliphatic rings. The summed E-state index contributed by atoms with van der Waals surface area (Å²) in [6, 6.07) is 12.3. The van der Waals surface area contributed by atoms with Crippen LogP contribution in [0.2, 0.25) is 0 Å². The normalized spacial score (nSPS) is 10.6. The summed E-state index contributed by atoms with van der Waals surface area (Å²) in [6.07, 6.45) is 0.893. The van der Waals surface area contributed by atoms with Crippen molar-refractivity contribution >= 4 is 50.8 Å². The molecule has 0 spiro atoms. The van der Waals surface area contributed by atoms with Crippen molar-refractivity contribution in [3.8, 4) is 5.75 Å². The first-order valence-electron chi connectivity index (χ1n) is 10.7. The molecule has 0 bridgehead atoms. The van der Waals surface area contributed by atoms with Crippen LogP contribution in [0.15, 0.2) is 46.9 Å². The zero-order valence-corrected chi connectivity index (χ0v) is 21.3. The van der Waals surface area contributed by atoms with Gasteiger partial charge in [-0.3, -0.25) is 14.9 Å². The van der Waals surface area contributed by atoms with Gasteiger partial charge in [-0.1, -0.05) is 29.8 Å². The number of halogens is 1. The van der Waals surface area contributed by atoms with E-state index in [1.807, 2.05) is 19.9 Å². The summed E-state index contributed by atoms with van der Waals surface area (Å²) >= 11 is 8.70. The molecule has 8 heteroatoms. The van der Waals surface area contributed by atoms with Crippen LogP contribution in [0.3, 0.4) is 0 Å². The highest BCUT2D eigenvalue weighted by Crippen LogP contribution is 2.24. The van der Waals surface area contributed by atoms with Crippen LogP contribution in [0.25, 0.3) is 0 Å². The quantitative estimate of drug-likeness (QED) is 0.429. The lowest BCUT2D eigenvalue weighted by Crippen LogP contribution is -2.34. The number of hydrogen-bond acceptors (Lipinski definition) is 4. The molecule has 172 valence electrons. The molecule has 0 saturated carbocycles. The average molecular weight is 520 g/mol. The molecule has 0 radical (unpaired) electrons. The first-order valence-corrected chi connectivity index (χ1v) is 11.9. The second kappa shape index (κ2) is 12.6. The van der Waals surface area contributed by atoms with E-state index >= 15 is 0 Å². The van der Waals surface area contributed by atoms with Crippen molar-refractivity contribution in [2.24, 2.45) is 5.92 Å². The highest BCUT2D eigenvalue weighted by molar-refractivity contribution is 9.10. The Kier molecular flexibility index (Phi) is 10.1. The fraction of sp³-hybridized carbons (Fsp3) is 0.375. The van der Waals surface area contributed by atoms with Crippen LogP contribution >= 0.6 is 28.1 Å². The van der Waals surface area contributed by atoms with Crippen molar-refractivity contribution < 1.29 is 14.3 Å². The monoisotopic (exact) mass is 519 g/mol. The lowest BCUT2D eigenvalue weighted by Gasteiger charge is -2.18. The number of nitrogens with one attached hydrogen (secondary N) is 2. The van der Waals surface area contributed by atoms with Crippen LogP contribution in [0, 0.1) is 5.92 Å². The minimum atomic E-state index is -0.364. The predicted molar refractivity (Wildman–Crippen MR) is 136 cm³/mol. The molecule has 0 atom stereocenters. The number of amides is 2. The van der Waals surface area contributed by atoms with E-state index in [4.69, 9.17) is 17.0 Å². The predicted octanol–water partition coefficient (Wildman–Crippen LogP) is 5.48. The lowest BCUT2D eigenvalue weighted by atomic mass is 10.1. The van der Waals surface area contributed by atoms with Gasteiger partial charge >= 0.3 is 0 Å². The van der Waals surface area contributed by atoms with Crippen LogP contribution in [-0.4, -0.2) is 41.5 Å². The number of rotatable bonds is 9. The van der Waals surface area contributed by atoms with Gasteiger partial charge < -0.3 is 15.0 Å². The Bertz CT molecular complexity index is 944. The van der Waals surface area contributed by atoms with Gasteiger partial charge in [0.2, 0.25) is 0 Å². The number of nitrogens with zero attached hydrogens (tertiary/aromatic N) is 1. The maximum atomic E-state index is 12.8. The van der Waals surface area contributed by atoms with Gasteiger partial charge in [0.25, 0.3) is 11.8 Å². The summed E-state index contributed by atoms with van der Waals surface area (Å²) < 4.78 is 6.59. The lowest BCUT2D eigenvalue weighted by molar-refractivity contribution is 0.0772. The van der Waals surface area contributed by atoms with E-state index in [1.165, 1.54) is 0 Å². The third-order valence-electron chi connectivity index (χ3n) is 4.81. The number of anilines is 1. The maximum absolute atomic E-state index is 12.8. The zero-order valence-electron chi connectivity index (χ0n) is 18.9. The number of carbonyl (C=O) groups excluding carboxylic acids is 2. The van der Waals surface area contributed by atoms with E-state index in [2.05, 4.69) is 40.4 Å². The van der Waals surface area contributed by atoms with Gasteiger partial charge in [0, 0.05) is 28.8 Å². The van der Waals surface area contributed by atoms with Gasteiger partial charge in [-0.2, -0.15) is 0 Å². The Hall–Kier alpha value is -2.45. The molecule has 2 aromatic carbocycles. The summed E-state index contributed by atoms with van der Waals surface area (Å²) in [7, 11) is 0. The minimum Gasteiger partial charge on any atom is -0.493 e. The van der Waals surface area contributed by atoms with Crippen LogP contribution in [-0.2, 0) is 0 Å². The molecule has 0 saturated heterocycles. The first-order chi connectivity index (χ1) is 15.2. The van der Waals surface area contributed by atoms with E-state index in [1.54, 1.807) is 41.3 Å². The van der Waals surface area contributed by atoms with Gasteiger partial charge in [-0.15, -0.1) is 0 Å². The summed E-state index contributed by atoms with van der Waals surface area (Å²) in [4.78, 5) is 27.0. The summed E-state index contributed by atoms with van der Waals surface area (Å²) in [6.45, 7) is 9.98. The third kappa shape index (κ3) is 7.60. The van der Waals surface area contributed by atoms with Crippen molar-refractivity contribution in [3.63, 3.8) is 0 Å². The highest BCUT2D eigenvalue weighted by atomic mass is 79.9. The first kappa shape index (κ1) is 25.8. The molecule has 0 fully saturated rings. The van der Waals surface area contributed by atoms with E-state index in [-0.39, 0.29) is 16.9 Å². The SMILES string of the molecule is CCN(CC)C(=O)c1ccc(NC(=S)NC(=O)c2cc(Br)ccc2OCCC(C)C)cc1. The molecule has 2 amide bonds. The molecule has 0 aliphatic heterocycles. The molecule has 2 rings (SSSR count). The van der Waals surface area contributed by atoms with Crippen molar-refractivity contribution in [2.45, 2.75) is 34.1 Å². The molecule has 0 unspecified atom stereocenters. The van der Waals surface area contributed by atoms with Gasteiger partial charge in [0.1, 0.15) is 5.75 Å². The second-order valence-electron chi connectivity index (χ2n) is 7.63. The van der Waals surface area contributed by atoms with Crippen LogP contribution < -0.4 is 15.4 Å². The summed E-state index contributed by atoms with van der Waals surface area (Å²) in [5.74, 6) is 0.635. The molecule has 32 heavy (non-hydrogen) atoms. The smallest absolute Gasteiger partial charge is 0.261 e. The summed E-state index contributed by atoms with van der Waals surface area (Å²) in [5.41, 5.74) is 1.67. The van der Waals surface area contributed by atoms with Crippen LogP contribution in [0.5, 0.6) is 5.75 Å². The fourth-order valence-corrected chi connectivity index (χ4v) is 3.50. The average Bonchev–Trinajstić information content (AvgIpc) is 2.75. The van der Waals surface area contributed by atoms with Crippen LogP contribution in [0.4, 0.5) is 5.69 Å². The molecular weight excluding hydrogens is 490 g/mol. The van der Waals surface area contributed by atoms with Crippen molar-refractivity contribution in [1.29, 1.82) is 0 Å². The standard InChI is InChI=1S/C24H30BrN3O3S/c1-5-28(6-2)23(30)17-7-10-19(11-8-17)26-24(32)27-22(29)20-15-18(25)9-12-21(20)31-14-13-16(3)4/h7-12,15-16H,5-6,13-14H2,1-4H3,(H2,26,27,29,32). The highest BCUT2D eigenvalue weighted by Gasteiger charge is 2.16. The number of carbonyl (C=O) groups is 2. The number of ether oxygens (including phenoxy) is 1. The van der Waals surface area contributed by atoms with Gasteiger partial charge in [-0.05, 0) is 80.9 Å². The fourth-order valence-electron chi connectivity index (χ4n) is 2.93. The van der Waals surface area contributed by atoms with E-state index in [0.29, 0.717) is 48.2 Å². The Morgan fingerprint density at radius 1 is 1.09 bits per heavy atom. The van der Waals surface area contributed by atoms with Gasteiger partial charge in [-0.25, -0.2) is 0 Å². The number of benzene rings is 2. The largest absolute Gasteiger partial charge is 0.493 e. The van der Waals surface area contributed by atoms with E-state index in [9.17, 15) is 9.59 Å². The second-order valence-corrected chi connectivity index (χ2v) is 8.96. The molecule has 0 aromatic heterocycles. The van der Waals surface area contributed by atoms with E-state index < -0.39 is 0 Å². The molecular formula is C24H30BrN3O3S. The van der Waals surface area contributed by atoms with Gasteiger partial charge in [0.15, 0.2) is 5.11 Å². The number of thiocarbonyl (C=S) groups is 1. The Morgan fingerprint density at radius 3 is 2.34 bits per heavy atom. The Labute approximate surface area is 203 Å². The molecule has 0 aliphatic carbocycles. The summed E-state index contributed by atoms with van der Waals surface area (Å²) in [5, 5.41) is 5.83. The molecule has 6 nitrogen and oxygen atoms in total. The van der Waals surface area contributed by atoms with Crippen molar-refractivity contribution in [2.75, 3.05) is 25.0 Å². The van der Waals surface area contributed by atoms with Crippen molar-refractivity contribution in [3.05, 3.63) is 58.1 Å². The maximum Gasteiger partial charge on any atom is 0.261 e. The topological polar surface area (TPSA) is 70.7 Å². The number of hydrogen-bond donors (Lipinski definition) is 2. The zero-order chi connectivity index (χ0) is 23.7. The van der Waals surface area contributed by atoms with Crippen molar-refractivity contribution in [1.82, 2.24) is 10.2 Å².